The highest BCUT2D eigenvalue weighted by Gasteiger charge is 2.07. The number of amides is 2. The van der Waals surface area contributed by atoms with Crippen molar-refractivity contribution in [3.05, 3.63) is 65.5 Å². The first-order valence-electron chi connectivity index (χ1n) is 8.17. The minimum absolute atomic E-state index is 0.229. The van der Waals surface area contributed by atoms with Gasteiger partial charge in [-0.2, -0.15) is 5.10 Å². The maximum atomic E-state index is 13.0. The van der Waals surface area contributed by atoms with Gasteiger partial charge in [0.25, 0.3) is 11.8 Å². The zero-order chi connectivity index (χ0) is 18.8. The highest BCUT2D eigenvalue weighted by molar-refractivity contribution is 5.96. The Morgan fingerprint density at radius 2 is 1.96 bits per heavy atom. The van der Waals surface area contributed by atoms with Gasteiger partial charge < -0.3 is 10.1 Å². The lowest BCUT2D eigenvalue weighted by Crippen LogP contribution is -2.34. The van der Waals surface area contributed by atoms with Crippen LogP contribution in [0.15, 0.2) is 53.6 Å². The van der Waals surface area contributed by atoms with Crippen molar-refractivity contribution in [2.75, 3.05) is 13.2 Å². The Kier molecular flexibility index (Phi) is 7.30. The minimum Gasteiger partial charge on any atom is -0.494 e. The Balaban J connectivity index is 1.76. The van der Waals surface area contributed by atoms with E-state index in [1.807, 2.05) is 6.92 Å². The predicted molar refractivity (Wildman–Crippen MR) is 96.7 cm³/mol. The van der Waals surface area contributed by atoms with Gasteiger partial charge in [-0.05, 0) is 48.4 Å². The van der Waals surface area contributed by atoms with Crippen LogP contribution >= 0.6 is 0 Å². The molecule has 0 radical (unpaired) electrons. The van der Waals surface area contributed by atoms with Crippen molar-refractivity contribution in [3.63, 3.8) is 0 Å². The van der Waals surface area contributed by atoms with Crippen molar-refractivity contribution in [3.8, 4) is 5.75 Å². The molecule has 136 valence electrons. The van der Waals surface area contributed by atoms with Gasteiger partial charge in [0.05, 0.1) is 19.4 Å². The second-order valence-electron chi connectivity index (χ2n) is 5.40. The van der Waals surface area contributed by atoms with E-state index in [1.165, 1.54) is 24.4 Å². The van der Waals surface area contributed by atoms with E-state index in [-0.39, 0.29) is 12.5 Å². The van der Waals surface area contributed by atoms with Gasteiger partial charge >= 0.3 is 0 Å². The number of nitrogens with zero attached hydrogens (tertiary/aromatic N) is 1. The average molecular weight is 357 g/mol. The number of ether oxygens (including phenoxy) is 1. The van der Waals surface area contributed by atoms with E-state index < -0.39 is 11.7 Å². The largest absolute Gasteiger partial charge is 0.494 e. The summed E-state index contributed by atoms with van der Waals surface area (Å²) >= 11 is 0. The summed E-state index contributed by atoms with van der Waals surface area (Å²) in [5.41, 5.74) is 3.20. The minimum atomic E-state index is -0.492. The second kappa shape index (κ2) is 9.93. The lowest BCUT2D eigenvalue weighted by Gasteiger charge is -2.07. The summed E-state index contributed by atoms with van der Waals surface area (Å²) in [6.45, 7) is 2.39. The van der Waals surface area contributed by atoms with Gasteiger partial charge in [0.1, 0.15) is 11.6 Å². The third-order valence-corrected chi connectivity index (χ3v) is 3.25. The number of hydrazone groups is 1. The summed E-state index contributed by atoms with van der Waals surface area (Å²) < 4.78 is 18.4. The molecule has 2 aromatic carbocycles. The summed E-state index contributed by atoms with van der Waals surface area (Å²) in [6.07, 6.45) is 2.22. The van der Waals surface area contributed by atoms with Crippen LogP contribution in [0.2, 0.25) is 0 Å². The molecular formula is C19H20FN3O3. The third-order valence-electron chi connectivity index (χ3n) is 3.25. The molecule has 0 fully saturated rings. The van der Waals surface area contributed by atoms with Crippen molar-refractivity contribution in [2.45, 2.75) is 13.3 Å². The number of carbonyl (C=O) groups is 2. The Labute approximate surface area is 151 Å². The number of carbonyl (C=O) groups excluding carboxylic acids is 2. The van der Waals surface area contributed by atoms with E-state index in [2.05, 4.69) is 15.8 Å². The monoisotopic (exact) mass is 357 g/mol. The zero-order valence-electron chi connectivity index (χ0n) is 14.4. The van der Waals surface area contributed by atoms with Crippen LogP contribution < -0.4 is 15.5 Å². The van der Waals surface area contributed by atoms with E-state index in [1.54, 1.807) is 30.3 Å². The van der Waals surface area contributed by atoms with Crippen molar-refractivity contribution in [1.82, 2.24) is 10.7 Å². The molecule has 0 aliphatic heterocycles. The van der Waals surface area contributed by atoms with Gasteiger partial charge in [-0.1, -0.05) is 19.1 Å². The van der Waals surface area contributed by atoms with Gasteiger partial charge in [0.15, 0.2) is 0 Å². The van der Waals surface area contributed by atoms with Crippen LogP contribution in [-0.4, -0.2) is 31.2 Å². The van der Waals surface area contributed by atoms with Gasteiger partial charge in [0.2, 0.25) is 0 Å². The fraction of sp³-hybridized carbons (Fsp3) is 0.211. The van der Waals surface area contributed by atoms with E-state index >= 15 is 0 Å². The Bertz CT molecular complexity index is 776. The first-order valence-corrected chi connectivity index (χ1v) is 8.17. The summed E-state index contributed by atoms with van der Waals surface area (Å²) in [4.78, 5) is 23.7. The normalized spacial score (nSPS) is 10.5. The van der Waals surface area contributed by atoms with Crippen LogP contribution in [0, 0.1) is 5.82 Å². The molecule has 7 heteroatoms. The molecule has 2 amide bonds. The molecule has 0 aromatic heterocycles. The SMILES string of the molecule is CCCOc1ccc(C(=O)NCC(=O)N/N=C\c2cccc(F)c2)cc1. The summed E-state index contributed by atoms with van der Waals surface area (Å²) in [5, 5.41) is 6.21. The van der Waals surface area contributed by atoms with Gasteiger partial charge in [-0.25, -0.2) is 9.82 Å². The summed E-state index contributed by atoms with van der Waals surface area (Å²) in [6, 6.07) is 12.4. The quantitative estimate of drug-likeness (QED) is 0.563. The molecule has 0 saturated heterocycles. The smallest absolute Gasteiger partial charge is 0.259 e. The van der Waals surface area contributed by atoms with Crippen LogP contribution in [0.3, 0.4) is 0 Å². The van der Waals surface area contributed by atoms with Gasteiger partial charge in [0, 0.05) is 5.56 Å². The maximum Gasteiger partial charge on any atom is 0.259 e. The molecule has 0 atom stereocenters. The summed E-state index contributed by atoms with van der Waals surface area (Å²) in [7, 11) is 0. The van der Waals surface area contributed by atoms with Crippen LogP contribution in [0.1, 0.15) is 29.3 Å². The van der Waals surface area contributed by atoms with Crippen molar-refractivity contribution in [2.24, 2.45) is 5.10 Å². The van der Waals surface area contributed by atoms with Crippen molar-refractivity contribution in [1.29, 1.82) is 0 Å². The molecule has 0 aliphatic carbocycles. The molecule has 0 bridgehead atoms. The zero-order valence-corrected chi connectivity index (χ0v) is 14.4. The number of hydrogen-bond donors (Lipinski definition) is 2. The number of halogens is 1. The Morgan fingerprint density at radius 3 is 2.65 bits per heavy atom. The average Bonchev–Trinajstić information content (AvgIpc) is 2.65. The molecule has 0 saturated carbocycles. The Morgan fingerprint density at radius 1 is 1.19 bits per heavy atom. The molecule has 2 aromatic rings. The predicted octanol–water partition coefficient (Wildman–Crippen LogP) is 2.49. The van der Waals surface area contributed by atoms with Crippen molar-refractivity contribution >= 4 is 18.0 Å². The molecule has 6 nitrogen and oxygen atoms in total. The molecule has 0 aliphatic rings. The summed E-state index contributed by atoms with van der Waals surface area (Å²) in [5.74, 6) is -0.573. The first-order chi connectivity index (χ1) is 12.6. The topological polar surface area (TPSA) is 79.8 Å². The van der Waals surface area contributed by atoms with Crippen LogP contribution in [0.25, 0.3) is 0 Å². The van der Waals surface area contributed by atoms with Crippen LogP contribution in [0.5, 0.6) is 5.75 Å². The number of nitrogens with one attached hydrogen (secondary N) is 2. The molecule has 2 rings (SSSR count). The number of rotatable bonds is 8. The van der Waals surface area contributed by atoms with E-state index in [4.69, 9.17) is 4.74 Å². The van der Waals surface area contributed by atoms with Gasteiger partial charge in [-0.3, -0.25) is 9.59 Å². The maximum absolute atomic E-state index is 13.0. The van der Waals surface area contributed by atoms with Crippen LogP contribution in [0.4, 0.5) is 4.39 Å². The van der Waals surface area contributed by atoms with Crippen molar-refractivity contribution < 1.29 is 18.7 Å². The van der Waals surface area contributed by atoms with E-state index in [0.29, 0.717) is 23.5 Å². The van der Waals surface area contributed by atoms with E-state index in [0.717, 1.165) is 6.42 Å². The van der Waals surface area contributed by atoms with Crippen LogP contribution in [-0.2, 0) is 4.79 Å². The molecule has 0 spiro atoms. The lowest BCUT2D eigenvalue weighted by molar-refractivity contribution is -0.120. The van der Waals surface area contributed by atoms with E-state index in [9.17, 15) is 14.0 Å². The highest BCUT2D eigenvalue weighted by Crippen LogP contribution is 2.12. The fourth-order valence-corrected chi connectivity index (χ4v) is 1.99. The van der Waals surface area contributed by atoms with Gasteiger partial charge in [-0.15, -0.1) is 0 Å². The number of benzene rings is 2. The highest BCUT2D eigenvalue weighted by atomic mass is 19.1. The molecular weight excluding hydrogens is 337 g/mol. The Hall–Kier alpha value is -3.22. The molecule has 2 N–H and O–H groups in total. The lowest BCUT2D eigenvalue weighted by atomic mass is 10.2. The fourth-order valence-electron chi connectivity index (χ4n) is 1.99. The standard InChI is InChI=1S/C19H20FN3O3/c1-2-10-26-17-8-6-15(7-9-17)19(25)21-13-18(24)23-22-12-14-4-3-5-16(20)11-14/h3-9,11-12H,2,10,13H2,1H3,(H,21,25)(H,23,24)/b22-12-. The second-order valence-corrected chi connectivity index (χ2v) is 5.40. The number of hydrogen-bond acceptors (Lipinski definition) is 4. The third kappa shape index (κ3) is 6.35. The molecule has 0 heterocycles. The molecule has 0 unspecified atom stereocenters. The molecule has 26 heavy (non-hydrogen) atoms. The first kappa shape index (κ1) is 19.1.